The first kappa shape index (κ1) is 15.0. The summed E-state index contributed by atoms with van der Waals surface area (Å²) >= 11 is 0. The molecular weight excluding hydrogens is 272 g/mol. The van der Waals surface area contributed by atoms with Crippen LogP contribution >= 0.6 is 0 Å². The summed E-state index contributed by atoms with van der Waals surface area (Å²) in [6, 6.07) is 8.03. The molecule has 0 amide bonds. The summed E-state index contributed by atoms with van der Waals surface area (Å²) in [5.74, 6) is 6.50. The zero-order valence-electron chi connectivity index (χ0n) is 11.7. The van der Waals surface area contributed by atoms with Gasteiger partial charge in [-0.15, -0.1) is 0 Å². The molecule has 1 saturated heterocycles. The molecule has 1 fully saturated rings. The molecule has 1 aromatic rings. The van der Waals surface area contributed by atoms with Crippen LogP contribution in [0.4, 0.5) is 0 Å². The second kappa shape index (κ2) is 6.40. The molecular formula is C15H20N2O2S. The third-order valence-corrected chi connectivity index (χ3v) is 5.34. The van der Waals surface area contributed by atoms with Crippen LogP contribution in [0.1, 0.15) is 17.5 Å². The summed E-state index contributed by atoms with van der Waals surface area (Å²) in [5, 5.41) is 0. The topological polar surface area (TPSA) is 63.4 Å². The third-order valence-electron chi connectivity index (χ3n) is 3.59. The van der Waals surface area contributed by atoms with Gasteiger partial charge in [0.05, 0.1) is 18.1 Å². The van der Waals surface area contributed by atoms with Crippen molar-refractivity contribution < 1.29 is 8.42 Å². The Labute approximate surface area is 120 Å². The molecule has 5 heteroatoms. The Bertz CT molecular complexity index is 629. The van der Waals surface area contributed by atoms with E-state index in [2.05, 4.69) is 16.7 Å². The van der Waals surface area contributed by atoms with Crippen molar-refractivity contribution in [2.45, 2.75) is 19.0 Å². The largest absolute Gasteiger partial charge is 0.320 e. The maximum Gasteiger partial charge on any atom is 0.151 e. The minimum atomic E-state index is -2.84. The number of sulfone groups is 1. The lowest BCUT2D eigenvalue weighted by Crippen LogP contribution is -2.32. The minimum absolute atomic E-state index is 0.107. The summed E-state index contributed by atoms with van der Waals surface area (Å²) < 4.78 is 23.1. The fraction of sp³-hybridized carbons (Fsp3) is 0.467. The van der Waals surface area contributed by atoms with E-state index >= 15 is 0 Å². The second-order valence-corrected chi connectivity index (χ2v) is 7.36. The summed E-state index contributed by atoms with van der Waals surface area (Å²) in [5.41, 5.74) is 7.48. The smallest absolute Gasteiger partial charge is 0.151 e. The van der Waals surface area contributed by atoms with E-state index in [1.807, 2.05) is 31.3 Å². The van der Waals surface area contributed by atoms with Gasteiger partial charge in [0.15, 0.2) is 9.84 Å². The first-order valence-corrected chi connectivity index (χ1v) is 8.51. The van der Waals surface area contributed by atoms with Crippen molar-refractivity contribution in [1.82, 2.24) is 4.90 Å². The number of hydrogen-bond donors (Lipinski definition) is 1. The van der Waals surface area contributed by atoms with E-state index in [1.165, 1.54) is 0 Å². The zero-order chi connectivity index (χ0) is 14.6. The maximum absolute atomic E-state index is 11.5. The van der Waals surface area contributed by atoms with Crippen molar-refractivity contribution in [1.29, 1.82) is 0 Å². The van der Waals surface area contributed by atoms with Crippen molar-refractivity contribution in [3.8, 4) is 11.8 Å². The van der Waals surface area contributed by atoms with Gasteiger partial charge < -0.3 is 5.73 Å². The molecule has 1 aliphatic heterocycles. The molecule has 0 saturated carbocycles. The van der Waals surface area contributed by atoms with E-state index in [4.69, 9.17) is 5.73 Å². The number of rotatable bonds is 3. The SMILES string of the molecule is CN(Cc1ccccc1C#CCN)C1CCS(=O)(=O)C1. The molecule has 1 atom stereocenters. The van der Waals surface area contributed by atoms with Crippen molar-refractivity contribution in [3.63, 3.8) is 0 Å². The van der Waals surface area contributed by atoms with Crippen LogP contribution in [0, 0.1) is 11.8 Å². The Kier molecular flexibility index (Phi) is 4.81. The normalized spacial score (nSPS) is 20.6. The first-order valence-electron chi connectivity index (χ1n) is 6.69. The van der Waals surface area contributed by atoms with E-state index < -0.39 is 9.84 Å². The van der Waals surface area contributed by atoms with Gasteiger partial charge in [0.1, 0.15) is 0 Å². The first-order chi connectivity index (χ1) is 9.52. The Hall–Kier alpha value is -1.35. The summed E-state index contributed by atoms with van der Waals surface area (Å²) in [6.07, 6.45) is 0.718. The molecule has 0 aromatic heterocycles. The van der Waals surface area contributed by atoms with E-state index in [9.17, 15) is 8.42 Å². The van der Waals surface area contributed by atoms with Gasteiger partial charge in [-0.3, -0.25) is 4.90 Å². The highest BCUT2D eigenvalue weighted by atomic mass is 32.2. The molecule has 0 spiro atoms. The van der Waals surface area contributed by atoms with Crippen LogP contribution in [0.2, 0.25) is 0 Å². The molecule has 1 unspecified atom stereocenters. The van der Waals surface area contributed by atoms with Crippen LogP contribution < -0.4 is 5.73 Å². The standard InChI is InChI=1S/C15H20N2O2S/c1-17(15-8-10-20(18,19)12-15)11-14-6-3-2-5-13(14)7-4-9-16/h2-3,5-6,15H,8-12,16H2,1H3. The van der Waals surface area contributed by atoms with Gasteiger partial charge in [-0.25, -0.2) is 8.42 Å². The van der Waals surface area contributed by atoms with Crippen LogP contribution in [-0.4, -0.2) is 44.5 Å². The predicted molar refractivity (Wildman–Crippen MR) is 80.9 cm³/mol. The monoisotopic (exact) mass is 292 g/mol. The van der Waals surface area contributed by atoms with Crippen molar-refractivity contribution in [2.24, 2.45) is 5.73 Å². The number of hydrogen-bond acceptors (Lipinski definition) is 4. The number of benzene rings is 1. The van der Waals surface area contributed by atoms with Gasteiger partial charge >= 0.3 is 0 Å². The zero-order valence-corrected chi connectivity index (χ0v) is 12.5. The highest BCUT2D eigenvalue weighted by Gasteiger charge is 2.30. The summed E-state index contributed by atoms with van der Waals surface area (Å²) in [6.45, 7) is 1.04. The lowest BCUT2D eigenvalue weighted by molar-refractivity contribution is 0.254. The molecule has 2 rings (SSSR count). The van der Waals surface area contributed by atoms with E-state index in [0.29, 0.717) is 18.8 Å². The Balaban J connectivity index is 2.10. The molecule has 1 heterocycles. The van der Waals surface area contributed by atoms with E-state index in [1.54, 1.807) is 0 Å². The van der Waals surface area contributed by atoms with Gasteiger partial charge in [0, 0.05) is 18.2 Å². The van der Waals surface area contributed by atoms with Crippen molar-refractivity contribution in [2.75, 3.05) is 25.1 Å². The maximum atomic E-state index is 11.5. The molecule has 1 aliphatic rings. The van der Waals surface area contributed by atoms with Crippen LogP contribution in [-0.2, 0) is 16.4 Å². The Morgan fingerprint density at radius 1 is 1.40 bits per heavy atom. The number of nitrogens with zero attached hydrogens (tertiary/aromatic N) is 1. The molecule has 2 N–H and O–H groups in total. The highest BCUT2D eigenvalue weighted by molar-refractivity contribution is 7.91. The Morgan fingerprint density at radius 3 is 2.80 bits per heavy atom. The van der Waals surface area contributed by atoms with Gasteiger partial charge in [0.2, 0.25) is 0 Å². The second-order valence-electron chi connectivity index (χ2n) is 5.14. The third kappa shape index (κ3) is 3.83. The van der Waals surface area contributed by atoms with Gasteiger partial charge in [-0.1, -0.05) is 30.0 Å². The van der Waals surface area contributed by atoms with Crippen LogP contribution in [0.3, 0.4) is 0 Å². The molecule has 0 bridgehead atoms. The van der Waals surface area contributed by atoms with Gasteiger partial charge in [-0.2, -0.15) is 0 Å². The average molecular weight is 292 g/mol. The van der Waals surface area contributed by atoms with Crippen molar-refractivity contribution in [3.05, 3.63) is 35.4 Å². The predicted octanol–water partition coefficient (Wildman–Crippen LogP) is 0.616. The van der Waals surface area contributed by atoms with E-state index in [0.717, 1.165) is 17.5 Å². The van der Waals surface area contributed by atoms with Crippen molar-refractivity contribution >= 4 is 9.84 Å². The van der Waals surface area contributed by atoms with Crippen LogP contribution in [0.15, 0.2) is 24.3 Å². The molecule has 0 radical (unpaired) electrons. The molecule has 1 aromatic carbocycles. The molecule has 108 valence electrons. The fourth-order valence-electron chi connectivity index (χ4n) is 2.45. The quantitative estimate of drug-likeness (QED) is 0.829. The summed E-state index contributed by atoms with van der Waals surface area (Å²) in [7, 11) is -0.872. The highest BCUT2D eigenvalue weighted by Crippen LogP contribution is 2.19. The molecule has 0 aliphatic carbocycles. The summed E-state index contributed by atoms with van der Waals surface area (Å²) in [4.78, 5) is 2.10. The van der Waals surface area contributed by atoms with Gasteiger partial charge in [-0.05, 0) is 25.1 Å². The van der Waals surface area contributed by atoms with Crippen LogP contribution in [0.25, 0.3) is 0 Å². The average Bonchev–Trinajstić information content (AvgIpc) is 2.78. The molecule has 20 heavy (non-hydrogen) atoms. The molecule has 4 nitrogen and oxygen atoms in total. The fourth-order valence-corrected chi connectivity index (χ4v) is 4.25. The number of nitrogens with two attached hydrogens (primary N) is 1. The van der Waals surface area contributed by atoms with Crippen LogP contribution in [0.5, 0.6) is 0 Å². The lowest BCUT2D eigenvalue weighted by atomic mass is 10.1. The lowest BCUT2D eigenvalue weighted by Gasteiger charge is -2.23. The van der Waals surface area contributed by atoms with E-state index in [-0.39, 0.29) is 11.8 Å². The minimum Gasteiger partial charge on any atom is -0.320 e. The Morgan fingerprint density at radius 2 is 2.15 bits per heavy atom. The van der Waals surface area contributed by atoms with Gasteiger partial charge in [0.25, 0.3) is 0 Å².